The number of halogens is 1. The van der Waals surface area contributed by atoms with E-state index >= 15 is 0 Å². The molecule has 126 valence electrons. The van der Waals surface area contributed by atoms with E-state index in [0.29, 0.717) is 5.75 Å². The molecule has 2 aromatic carbocycles. The summed E-state index contributed by atoms with van der Waals surface area (Å²) in [6.45, 7) is 0.832. The van der Waals surface area contributed by atoms with Crippen molar-refractivity contribution in [2.75, 3.05) is 0 Å². The van der Waals surface area contributed by atoms with Gasteiger partial charge in [0, 0.05) is 17.7 Å². The molecule has 3 heteroatoms. The van der Waals surface area contributed by atoms with Gasteiger partial charge in [0.1, 0.15) is 5.75 Å². The van der Waals surface area contributed by atoms with Gasteiger partial charge in [0.15, 0.2) is 18.9 Å². The van der Waals surface area contributed by atoms with Crippen LogP contribution < -0.4 is 21.5 Å². The summed E-state index contributed by atoms with van der Waals surface area (Å²) in [4.78, 5) is 0. The highest BCUT2D eigenvalue weighted by Crippen LogP contribution is 2.18. The number of hydrogen-bond donors (Lipinski definition) is 1. The largest absolute Gasteiger partial charge is 1.00 e. The minimum atomic E-state index is 0. The number of aromatic hydroxyl groups is 1. The van der Waals surface area contributed by atoms with Gasteiger partial charge < -0.3 is 22.1 Å². The quantitative estimate of drug-likeness (QED) is 0.653. The summed E-state index contributed by atoms with van der Waals surface area (Å²) in [6.07, 6.45) is 12.3. The lowest BCUT2D eigenvalue weighted by atomic mass is 10.1. The third-order valence-electron chi connectivity index (χ3n) is 3.74. The average molecular weight is 394 g/mol. The lowest BCUT2D eigenvalue weighted by Gasteiger charge is -1.97. The number of rotatable bonds is 5. The first-order valence-electron chi connectivity index (χ1n) is 7.98. The van der Waals surface area contributed by atoms with E-state index in [0.717, 1.165) is 17.7 Å². The van der Waals surface area contributed by atoms with Gasteiger partial charge >= 0.3 is 0 Å². The number of benzene rings is 2. The Hall–Kier alpha value is -2.65. The highest BCUT2D eigenvalue weighted by molar-refractivity contribution is 5.71. The monoisotopic (exact) mass is 393 g/mol. The predicted octanol–water partition coefficient (Wildman–Crippen LogP) is 1.57. The summed E-state index contributed by atoms with van der Waals surface area (Å²) in [5.74, 6) is 0.297. The molecule has 0 radical (unpaired) electrons. The third kappa shape index (κ3) is 5.73. The van der Waals surface area contributed by atoms with Gasteiger partial charge in [-0.25, -0.2) is 4.57 Å². The molecule has 3 aromatic rings. The van der Waals surface area contributed by atoms with E-state index in [1.165, 1.54) is 5.56 Å². The van der Waals surface area contributed by atoms with Gasteiger partial charge in [-0.2, -0.15) is 0 Å². The molecule has 3 rings (SSSR count). The van der Waals surface area contributed by atoms with Crippen LogP contribution in [-0.4, -0.2) is 5.11 Å². The van der Waals surface area contributed by atoms with E-state index in [1.54, 1.807) is 6.07 Å². The maximum Gasteiger partial charge on any atom is 0.169 e. The molecule has 0 aliphatic rings. The molecule has 2 nitrogen and oxygen atoms in total. The van der Waals surface area contributed by atoms with Crippen LogP contribution >= 0.6 is 0 Å². The highest BCUT2D eigenvalue weighted by Gasteiger charge is 1.98. The van der Waals surface area contributed by atoms with Crippen LogP contribution in [0.4, 0.5) is 0 Å². The summed E-state index contributed by atoms with van der Waals surface area (Å²) in [5.41, 5.74) is 3.13. The second-order valence-corrected chi connectivity index (χ2v) is 5.53. The fraction of sp³-hybridized carbons (Fsp3) is 0.0455. The zero-order valence-electron chi connectivity index (χ0n) is 13.8. The van der Waals surface area contributed by atoms with E-state index in [2.05, 4.69) is 53.4 Å². The van der Waals surface area contributed by atoms with Crippen LogP contribution in [0.5, 0.6) is 5.75 Å². The maximum absolute atomic E-state index is 9.76. The molecule has 0 saturated carbocycles. The van der Waals surface area contributed by atoms with Crippen LogP contribution in [0, 0.1) is 0 Å². The third-order valence-corrected chi connectivity index (χ3v) is 3.74. The topological polar surface area (TPSA) is 24.1 Å². The van der Waals surface area contributed by atoms with Gasteiger partial charge in [-0.3, -0.25) is 0 Å². The SMILES string of the molecule is Oc1ccccc1/C=C/c1cc[n+](C/C=C/c2ccccc2)cc1.[Br-]. The number of phenolic OH excluding ortho intramolecular Hbond substituents is 1. The lowest BCUT2D eigenvalue weighted by Crippen LogP contribution is -3.00. The molecule has 1 aromatic heterocycles. The molecule has 0 aliphatic heterocycles. The highest BCUT2D eigenvalue weighted by atomic mass is 79.9. The van der Waals surface area contributed by atoms with Crippen LogP contribution in [0.1, 0.15) is 16.7 Å². The predicted molar refractivity (Wildman–Crippen MR) is 99.1 cm³/mol. The van der Waals surface area contributed by atoms with E-state index in [-0.39, 0.29) is 17.0 Å². The molecule has 1 heterocycles. The Kier molecular flexibility index (Phi) is 7.17. The average Bonchev–Trinajstić information content (AvgIpc) is 2.63. The first-order chi connectivity index (χ1) is 11.8. The molecule has 0 aliphatic carbocycles. The number of allylic oxidation sites excluding steroid dienone is 1. The van der Waals surface area contributed by atoms with Crippen molar-refractivity contribution in [2.45, 2.75) is 6.54 Å². The number of nitrogens with zero attached hydrogens (tertiary/aromatic N) is 1. The van der Waals surface area contributed by atoms with Crippen LogP contribution in [0.25, 0.3) is 18.2 Å². The van der Waals surface area contributed by atoms with Crippen LogP contribution in [0.3, 0.4) is 0 Å². The summed E-state index contributed by atoms with van der Waals surface area (Å²) in [7, 11) is 0. The normalized spacial score (nSPS) is 10.9. The molecule has 0 spiro atoms. The summed E-state index contributed by atoms with van der Waals surface area (Å²) in [5, 5.41) is 9.76. The van der Waals surface area contributed by atoms with Gasteiger partial charge in [0.05, 0.1) is 0 Å². The molecule has 0 fully saturated rings. The summed E-state index contributed by atoms with van der Waals surface area (Å²) < 4.78 is 2.12. The smallest absolute Gasteiger partial charge is 0.169 e. The molecular formula is C22H20BrNO. The van der Waals surface area contributed by atoms with Crippen LogP contribution in [0.2, 0.25) is 0 Å². The Morgan fingerprint density at radius 3 is 2.08 bits per heavy atom. The molecule has 25 heavy (non-hydrogen) atoms. The first-order valence-corrected chi connectivity index (χ1v) is 7.98. The fourth-order valence-electron chi connectivity index (χ4n) is 2.39. The van der Waals surface area contributed by atoms with Crippen LogP contribution in [-0.2, 0) is 6.54 Å². The van der Waals surface area contributed by atoms with Crippen molar-refractivity contribution in [3.8, 4) is 5.75 Å². The number of hydrogen-bond acceptors (Lipinski definition) is 1. The van der Waals surface area contributed by atoms with Gasteiger partial charge in [-0.1, -0.05) is 66.8 Å². The van der Waals surface area contributed by atoms with Crippen molar-refractivity contribution >= 4 is 18.2 Å². The van der Waals surface area contributed by atoms with Crippen molar-refractivity contribution in [1.82, 2.24) is 0 Å². The first kappa shape index (κ1) is 18.7. The Bertz CT molecular complexity index is 839. The molecule has 1 N–H and O–H groups in total. The van der Waals surface area contributed by atoms with E-state index in [4.69, 9.17) is 0 Å². The van der Waals surface area contributed by atoms with Gasteiger partial charge in [0.2, 0.25) is 0 Å². The van der Waals surface area contributed by atoms with Crippen molar-refractivity contribution in [1.29, 1.82) is 0 Å². The Balaban J connectivity index is 0.00000225. The van der Waals surface area contributed by atoms with Crippen molar-refractivity contribution in [3.63, 3.8) is 0 Å². The van der Waals surface area contributed by atoms with E-state index < -0.39 is 0 Å². The number of para-hydroxylation sites is 1. The van der Waals surface area contributed by atoms with E-state index in [1.807, 2.05) is 48.6 Å². The Morgan fingerprint density at radius 1 is 0.720 bits per heavy atom. The second kappa shape index (κ2) is 9.60. The molecule has 0 saturated heterocycles. The molecule has 0 atom stereocenters. The molecule has 0 unspecified atom stereocenters. The minimum absolute atomic E-state index is 0. The lowest BCUT2D eigenvalue weighted by molar-refractivity contribution is -0.686. The number of aromatic nitrogens is 1. The molecule has 0 bridgehead atoms. The van der Waals surface area contributed by atoms with Gasteiger partial charge in [-0.05, 0) is 23.3 Å². The summed E-state index contributed by atoms with van der Waals surface area (Å²) in [6, 6.07) is 21.7. The van der Waals surface area contributed by atoms with Crippen LogP contribution in [0.15, 0.2) is 85.2 Å². The van der Waals surface area contributed by atoms with Crippen molar-refractivity contribution in [3.05, 3.63) is 102 Å². The number of pyridine rings is 1. The standard InChI is InChI=1S/C22H19NO.BrH/c24-22-11-5-4-10-21(22)13-12-20-14-17-23(18-15-20)16-6-9-19-7-2-1-3-8-19;/h1-15,17-18H,16H2;1H/b9-6+;. The Labute approximate surface area is 159 Å². The fourth-order valence-corrected chi connectivity index (χ4v) is 2.39. The van der Waals surface area contributed by atoms with Crippen molar-refractivity contribution < 1.29 is 26.7 Å². The summed E-state index contributed by atoms with van der Waals surface area (Å²) >= 11 is 0. The van der Waals surface area contributed by atoms with Gasteiger partial charge in [-0.15, -0.1) is 0 Å². The maximum atomic E-state index is 9.76. The van der Waals surface area contributed by atoms with Gasteiger partial charge in [0.25, 0.3) is 0 Å². The molecule has 0 amide bonds. The second-order valence-electron chi connectivity index (χ2n) is 5.53. The Morgan fingerprint density at radius 2 is 1.36 bits per heavy atom. The van der Waals surface area contributed by atoms with E-state index in [9.17, 15) is 5.11 Å². The number of phenols is 1. The minimum Gasteiger partial charge on any atom is -1.00 e. The zero-order chi connectivity index (χ0) is 16.6. The zero-order valence-corrected chi connectivity index (χ0v) is 15.4. The molecular weight excluding hydrogens is 374 g/mol. The van der Waals surface area contributed by atoms with Crippen molar-refractivity contribution in [2.24, 2.45) is 0 Å².